The van der Waals surface area contributed by atoms with Crippen LogP contribution in [0.25, 0.3) is 0 Å². The van der Waals surface area contributed by atoms with Crippen LogP contribution in [0.15, 0.2) is 30.3 Å². The first-order valence-electron chi connectivity index (χ1n) is 6.45. The summed E-state index contributed by atoms with van der Waals surface area (Å²) >= 11 is 0. The van der Waals surface area contributed by atoms with Crippen molar-refractivity contribution in [3.63, 3.8) is 0 Å². The summed E-state index contributed by atoms with van der Waals surface area (Å²) in [5.74, 6) is -2.14. The lowest BCUT2D eigenvalue weighted by molar-refractivity contribution is -0.150. The average molecular weight is 275 g/mol. The number of hydrogen-bond donors (Lipinski definition) is 1. The summed E-state index contributed by atoms with van der Waals surface area (Å²) in [6.45, 7) is 2.92. The third kappa shape index (κ3) is 2.57. The zero-order valence-corrected chi connectivity index (χ0v) is 11.5. The van der Waals surface area contributed by atoms with Gasteiger partial charge in [-0.2, -0.15) is 0 Å². The molecule has 1 aliphatic heterocycles. The molecule has 0 saturated carbocycles. The minimum absolute atomic E-state index is 0.0939. The number of aliphatic carboxylic acids is 1. The molecule has 1 heterocycles. The van der Waals surface area contributed by atoms with E-state index < -0.39 is 17.3 Å². The number of carbonyl (C=O) groups is 3. The Morgan fingerprint density at radius 1 is 1.30 bits per heavy atom. The molecule has 0 aromatic heterocycles. The topological polar surface area (TPSA) is 74.7 Å². The van der Waals surface area contributed by atoms with Crippen LogP contribution in [0, 0.1) is 5.41 Å². The van der Waals surface area contributed by atoms with E-state index in [4.69, 9.17) is 5.11 Å². The third-order valence-corrected chi connectivity index (χ3v) is 3.58. The molecule has 1 atom stereocenters. The van der Waals surface area contributed by atoms with E-state index in [1.165, 1.54) is 13.8 Å². The van der Waals surface area contributed by atoms with Gasteiger partial charge in [0, 0.05) is 13.0 Å². The number of carboxylic acids is 1. The van der Waals surface area contributed by atoms with Crippen molar-refractivity contribution < 1.29 is 19.5 Å². The van der Waals surface area contributed by atoms with Gasteiger partial charge in [0.15, 0.2) is 0 Å². The maximum Gasteiger partial charge on any atom is 0.310 e. The lowest BCUT2D eigenvalue weighted by Crippen LogP contribution is -2.42. The third-order valence-electron chi connectivity index (χ3n) is 3.58. The quantitative estimate of drug-likeness (QED) is 0.848. The Bertz CT molecular complexity index is 550. The van der Waals surface area contributed by atoms with Crippen molar-refractivity contribution in [3.8, 4) is 0 Å². The molecule has 1 N–H and O–H groups in total. The molecule has 106 valence electrons. The Morgan fingerprint density at radius 2 is 1.90 bits per heavy atom. The lowest BCUT2D eigenvalue weighted by atomic mass is 9.93. The second-order valence-electron chi connectivity index (χ2n) is 5.67. The van der Waals surface area contributed by atoms with Crippen molar-refractivity contribution in [2.75, 3.05) is 6.54 Å². The number of carbonyl (C=O) groups excluding carboxylic acids is 2. The van der Waals surface area contributed by atoms with Gasteiger partial charge in [-0.25, -0.2) is 0 Å². The molecule has 2 amide bonds. The molecular weight excluding hydrogens is 258 g/mol. The van der Waals surface area contributed by atoms with Crippen LogP contribution in [-0.2, 0) is 14.4 Å². The van der Waals surface area contributed by atoms with Gasteiger partial charge in [0.1, 0.15) is 0 Å². The maximum absolute atomic E-state index is 12.3. The number of benzene rings is 1. The van der Waals surface area contributed by atoms with Crippen LogP contribution in [0.3, 0.4) is 0 Å². The minimum Gasteiger partial charge on any atom is -0.481 e. The number of hydrogen-bond acceptors (Lipinski definition) is 3. The molecule has 1 aliphatic rings. The van der Waals surface area contributed by atoms with Crippen LogP contribution in [0.1, 0.15) is 31.7 Å². The van der Waals surface area contributed by atoms with E-state index in [9.17, 15) is 14.4 Å². The molecule has 1 saturated heterocycles. The molecule has 0 aliphatic carbocycles. The smallest absolute Gasteiger partial charge is 0.310 e. The Labute approximate surface area is 117 Å². The van der Waals surface area contributed by atoms with Gasteiger partial charge in [0.05, 0.1) is 11.3 Å². The van der Waals surface area contributed by atoms with Crippen molar-refractivity contribution in [3.05, 3.63) is 35.9 Å². The number of nitrogens with zero attached hydrogens (tertiary/aromatic N) is 1. The van der Waals surface area contributed by atoms with Crippen molar-refractivity contribution in [2.45, 2.75) is 26.2 Å². The van der Waals surface area contributed by atoms with Gasteiger partial charge < -0.3 is 5.11 Å². The first-order chi connectivity index (χ1) is 9.33. The highest BCUT2D eigenvalue weighted by molar-refractivity contribution is 6.06. The van der Waals surface area contributed by atoms with E-state index >= 15 is 0 Å². The van der Waals surface area contributed by atoms with Crippen molar-refractivity contribution >= 4 is 17.8 Å². The molecule has 1 aromatic rings. The predicted molar refractivity (Wildman–Crippen MR) is 71.9 cm³/mol. The van der Waals surface area contributed by atoms with Gasteiger partial charge in [0.2, 0.25) is 11.8 Å². The molecular formula is C15H17NO4. The first-order valence-corrected chi connectivity index (χ1v) is 6.45. The van der Waals surface area contributed by atoms with E-state index in [-0.39, 0.29) is 24.8 Å². The van der Waals surface area contributed by atoms with Crippen molar-refractivity contribution in [1.82, 2.24) is 4.90 Å². The second-order valence-corrected chi connectivity index (χ2v) is 5.67. The number of rotatable bonds is 4. The van der Waals surface area contributed by atoms with Crippen molar-refractivity contribution in [1.29, 1.82) is 0 Å². The van der Waals surface area contributed by atoms with Crippen LogP contribution in [0.5, 0.6) is 0 Å². The van der Waals surface area contributed by atoms with E-state index in [1.54, 1.807) is 0 Å². The normalized spacial score (nSPS) is 19.5. The molecule has 0 bridgehead atoms. The fourth-order valence-corrected chi connectivity index (χ4v) is 2.26. The molecule has 0 spiro atoms. The lowest BCUT2D eigenvalue weighted by Gasteiger charge is -2.25. The Kier molecular flexibility index (Phi) is 3.61. The molecule has 1 fully saturated rings. The SMILES string of the molecule is CC(C)(CN1C(=O)CC(c2ccccc2)C1=O)C(=O)O. The van der Waals surface area contributed by atoms with Crippen LogP contribution >= 0.6 is 0 Å². The summed E-state index contributed by atoms with van der Waals surface area (Å²) in [7, 11) is 0. The molecule has 2 rings (SSSR count). The predicted octanol–water partition coefficient (Wildman–Crippen LogP) is 1.64. The van der Waals surface area contributed by atoms with E-state index in [0.717, 1.165) is 10.5 Å². The Morgan fingerprint density at radius 3 is 2.45 bits per heavy atom. The standard InChI is InChI=1S/C15H17NO4/c1-15(2,14(19)20)9-16-12(17)8-11(13(16)18)10-6-4-3-5-7-10/h3-7,11H,8-9H2,1-2H3,(H,19,20). The zero-order valence-electron chi connectivity index (χ0n) is 11.5. The van der Waals surface area contributed by atoms with Crippen LogP contribution < -0.4 is 0 Å². The van der Waals surface area contributed by atoms with Gasteiger partial charge in [-0.1, -0.05) is 30.3 Å². The van der Waals surface area contributed by atoms with Gasteiger partial charge in [-0.3, -0.25) is 19.3 Å². The summed E-state index contributed by atoms with van der Waals surface area (Å²) in [6, 6.07) is 9.09. The van der Waals surface area contributed by atoms with Crippen LogP contribution in [-0.4, -0.2) is 34.3 Å². The van der Waals surface area contributed by atoms with Gasteiger partial charge in [0.25, 0.3) is 0 Å². The highest BCUT2D eigenvalue weighted by Gasteiger charge is 2.43. The van der Waals surface area contributed by atoms with Crippen molar-refractivity contribution in [2.24, 2.45) is 5.41 Å². The highest BCUT2D eigenvalue weighted by atomic mass is 16.4. The van der Waals surface area contributed by atoms with Gasteiger partial charge in [-0.05, 0) is 19.4 Å². The summed E-state index contributed by atoms with van der Waals surface area (Å²) in [6.07, 6.45) is 0.110. The molecule has 5 heteroatoms. The Balaban J connectivity index is 2.20. The van der Waals surface area contributed by atoms with Crippen LogP contribution in [0.4, 0.5) is 0 Å². The summed E-state index contributed by atoms with van der Waals surface area (Å²) < 4.78 is 0. The highest BCUT2D eigenvalue weighted by Crippen LogP contribution is 2.31. The fourth-order valence-electron chi connectivity index (χ4n) is 2.26. The molecule has 5 nitrogen and oxygen atoms in total. The average Bonchev–Trinajstić information content (AvgIpc) is 2.67. The molecule has 20 heavy (non-hydrogen) atoms. The monoisotopic (exact) mass is 275 g/mol. The fraction of sp³-hybridized carbons (Fsp3) is 0.400. The number of amides is 2. The second kappa shape index (κ2) is 5.07. The van der Waals surface area contributed by atoms with E-state index in [1.807, 2.05) is 30.3 Å². The van der Waals surface area contributed by atoms with Gasteiger partial charge in [-0.15, -0.1) is 0 Å². The molecule has 1 unspecified atom stereocenters. The minimum atomic E-state index is -1.14. The van der Waals surface area contributed by atoms with Gasteiger partial charge >= 0.3 is 5.97 Å². The zero-order chi connectivity index (χ0) is 14.9. The summed E-state index contributed by atoms with van der Waals surface area (Å²) in [4.78, 5) is 36.5. The number of imide groups is 1. The summed E-state index contributed by atoms with van der Waals surface area (Å²) in [5.41, 5.74) is -0.349. The molecule has 0 radical (unpaired) electrons. The Hall–Kier alpha value is -2.17. The maximum atomic E-state index is 12.3. The van der Waals surface area contributed by atoms with E-state index in [2.05, 4.69) is 0 Å². The largest absolute Gasteiger partial charge is 0.481 e. The number of likely N-dealkylation sites (tertiary alicyclic amines) is 1. The van der Waals surface area contributed by atoms with E-state index in [0.29, 0.717) is 0 Å². The first kappa shape index (κ1) is 14.2. The summed E-state index contributed by atoms with van der Waals surface area (Å²) in [5, 5.41) is 9.11. The molecule has 1 aromatic carbocycles. The van der Waals surface area contributed by atoms with Crippen LogP contribution in [0.2, 0.25) is 0 Å². The number of carboxylic acid groups (broad SMARTS) is 1.